The van der Waals surface area contributed by atoms with Crippen LogP contribution in [0.25, 0.3) is 0 Å². The molecule has 0 amide bonds. The van der Waals surface area contributed by atoms with Gasteiger partial charge in [0.25, 0.3) is 0 Å². The predicted octanol–water partition coefficient (Wildman–Crippen LogP) is 2.37. The van der Waals surface area contributed by atoms with Crippen LogP contribution in [0.4, 0.5) is 0 Å². The molecular weight excluding hydrogens is 134 g/mol. The van der Waals surface area contributed by atoms with Crippen LogP contribution in [-0.4, -0.2) is 25.5 Å². The molecule has 2 atom stereocenters. The first-order chi connectivity index (χ1) is 5.20. The molecule has 1 fully saturated rings. The Labute approximate surface area is 70.8 Å². The van der Waals surface area contributed by atoms with Crippen molar-refractivity contribution in [3.05, 3.63) is 0 Å². The van der Waals surface area contributed by atoms with Crippen molar-refractivity contribution >= 4 is 0 Å². The molecule has 1 aliphatic carbocycles. The van der Waals surface area contributed by atoms with E-state index in [4.69, 9.17) is 0 Å². The Bertz CT molecular complexity index is 109. The van der Waals surface area contributed by atoms with Crippen LogP contribution in [0.5, 0.6) is 0 Å². The molecule has 1 nitrogen and oxygen atoms in total. The molecule has 0 heterocycles. The van der Waals surface area contributed by atoms with Gasteiger partial charge in [-0.1, -0.05) is 26.2 Å². The van der Waals surface area contributed by atoms with Crippen molar-refractivity contribution in [3.8, 4) is 0 Å². The topological polar surface area (TPSA) is 3.24 Å². The van der Waals surface area contributed by atoms with Gasteiger partial charge in [0.05, 0.1) is 0 Å². The first kappa shape index (κ1) is 9.05. The van der Waals surface area contributed by atoms with E-state index in [1.165, 1.54) is 32.2 Å². The minimum Gasteiger partial charge on any atom is -0.309 e. The Morgan fingerprint density at radius 2 is 1.82 bits per heavy atom. The molecular formula is C10H21N. The second-order valence-electron chi connectivity index (χ2n) is 4.28. The number of hydrogen-bond donors (Lipinski definition) is 0. The number of nitrogens with zero attached hydrogens (tertiary/aromatic N) is 1. The molecule has 1 heteroatoms. The van der Waals surface area contributed by atoms with Gasteiger partial charge in [0.1, 0.15) is 0 Å². The molecule has 1 saturated carbocycles. The fourth-order valence-electron chi connectivity index (χ4n) is 2.13. The highest BCUT2D eigenvalue weighted by Crippen LogP contribution is 2.29. The Balaban J connectivity index is 2.29. The van der Waals surface area contributed by atoms with E-state index in [9.17, 15) is 0 Å². The van der Waals surface area contributed by atoms with Crippen LogP contribution in [-0.2, 0) is 0 Å². The normalized spacial score (nSPS) is 32.7. The monoisotopic (exact) mass is 155 g/mol. The van der Waals surface area contributed by atoms with E-state index in [0.29, 0.717) is 0 Å². The molecule has 11 heavy (non-hydrogen) atoms. The Hall–Kier alpha value is -0.0400. The number of rotatable bonds is 2. The van der Waals surface area contributed by atoms with Gasteiger partial charge in [-0.3, -0.25) is 0 Å². The fourth-order valence-corrected chi connectivity index (χ4v) is 2.13. The van der Waals surface area contributed by atoms with Gasteiger partial charge in [0.15, 0.2) is 0 Å². The zero-order valence-corrected chi connectivity index (χ0v) is 8.14. The molecule has 0 aromatic rings. The Morgan fingerprint density at radius 3 is 2.36 bits per heavy atom. The lowest BCUT2D eigenvalue weighted by atomic mass is 9.80. The van der Waals surface area contributed by atoms with E-state index in [2.05, 4.69) is 25.9 Å². The molecule has 0 aliphatic heterocycles. The second kappa shape index (κ2) is 4.10. The van der Waals surface area contributed by atoms with Crippen LogP contribution >= 0.6 is 0 Å². The molecule has 0 aromatic carbocycles. The molecule has 0 bridgehead atoms. The Morgan fingerprint density at radius 1 is 1.18 bits per heavy atom. The highest BCUT2D eigenvalue weighted by atomic mass is 15.1. The van der Waals surface area contributed by atoms with Crippen LogP contribution < -0.4 is 0 Å². The van der Waals surface area contributed by atoms with Crippen molar-refractivity contribution in [2.75, 3.05) is 20.6 Å². The lowest BCUT2D eigenvalue weighted by Crippen LogP contribution is -2.28. The van der Waals surface area contributed by atoms with Crippen molar-refractivity contribution in [2.24, 2.45) is 11.8 Å². The van der Waals surface area contributed by atoms with E-state index in [1.807, 2.05) is 0 Å². The van der Waals surface area contributed by atoms with Crippen molar-refractivity contribution in [1.82, 2.24) is 4.90 Å². The summed E-state index contributed by atoms with van der Waals surface area (Å²) in [5, 5.41) is 0. The quantitative estimate of drug-likeness (QED) is 0.592. The molecule has 1 aliphatic rings. The standard InChI is InChI=1S/C10H21N/c1-9-6-4-5-7-10(9)8-11(2)3/h9-10H,4-8H2,1-3H3. The maximum absolute atomic E-state index is 2.41. The van der Waals surface area contributed by atoms with Crippen LogP contribution in [0.1, 0.15) is 32.6 Å². The molecule has 0 N–H and O–H groups in total. The lowest BCUT2D eigenvalue weighted by molar-refractivity contribution is 0.199. The summed E-state index contributed by atoms with van der Waals surface area (Å²) in [6, 6.07) is 0. The Kier molecular flexibility index (Phi) is 3.38. The third-order valence-corrected chi connectivity index (χ3v) is 2.89. The highest BCUT2D eigenvalue weighted by Gasteiger charge is 2.21. The maximum Gasteiger partial charge on any atom is 0.000610 e. The summed E-state index contributed by atoms with van der Waals surface area (Å²) < 4.78 is 0. The van der Waals surface area contributed by atoms with Gasteiger partial charge in [0, 0.05) is 6.54 Å². The summed E-state index contributed by atoms with van der Waals surface area (Å²) in [4.78, 5) is 2.33. The van der Waals surface area contributed by atoms with Gasteiger partial charge < -0.3 is 4.90 Å². The second-order valence-corrected chi connectivity index (χ2v) is 4.28. The minimum absolute atomic E-state index is 0.964. The van der Waals surface area contributed by atoms with Gasteiger partial charge in [-0.05, 0) is 32.4 Å². The predicted molar refractivity (Wildman–Crippen MR) is 49.7 cm³/mol. The summed E-state index contributed by atoms with van der Waals surface area (Å²) in [6.45, 7) is 3.70. The van der Waals surface area contributed by atoms with E-state index in [-0.39, 0.29) is 0 Å². The van der Waals surface area contributed by atoms with Crippen molar-refractivity contribution in [3.63, 3.8) is 0 Å². The maximum atomic E-state index is 2.41. The van der Waals surface area contributed by atoms with Gasteiger partial charge in [-0.25, -0.2) is 0 Å². The average Bonchev–Trinajstić information content (AvgIpc) is 1.93. The lowest BCUT2D eigenvalue weighted by Gasteiger charge is -2.30. The molecule has 0 aromatic heterocycles. The zero-order chi connectivity index (χ0) is 8.27. The van der Waals surface area contributed by atoms with E-state index in [1.54, 1.807) is 0 Å². The first-order valence-electron chi connectivity index (χ1n) is 4.85. The molecule has 66 valence electrons. The van der Waals surface area contributed by atoms with Crippen LogP contribution in [0.2, 0.25) is 0 Å². The van der Waals surface area contributed by atoms with E-state index in [0.717, 1.165) is 11.8 Å². The fraction of sp³-hybridized carbons (Fsp3) is 1.00. The molecule has 0 saturated heterocycles. The third-order valence-electron chi connectivity index (χ3n) is 2.89. The van der Waals surface area contributed by atoms with Crippen LogP contribution in [0.15, 0.2) is 0 Å². The largest absolute Gasteiger partial charge is 0.309 e. The molecule has 2 unspecified atom stereocenters. The van der Waals surface area contributed by atoms with Crippen LogP contribution in [0, 0.1) is 11.8 Å². The van der Waals surface area contributed by atoms with Gasteiger partial charge in [-0.15, -0.1) is 0 Å². The van der Waals surface area contributed by atoms with Gasteiger partial charge >= 0.3 is 0 Å². The van der Waals surface area contributed by atoms with Crippen molar-refractivity contribution in [1.29, 1.82) is 0 Å². The zero-order valence-electron chi connectivity index (χ0n) is 8.14. The van der Waals surface area contributed by atoms with Gasteiger partial charge in [-0.2, -0.15) is 0 Å². The van der Waals surface area contributed by atoms with Crippen LogP contribution in [0.3, 0.4) is 0 Å². The van der Waals surface area contributed by atoms with Gasteiger partial charge in [0.2, 0.25) is 0 Å². The summed E-state index contributed by atoms with van der Waals surface area (Å²) in [7, 11) is 4.36. The average molecular weight is 155 g/mol. The van der Waals surface area contributed by atoms with E-state index >= 15 is 0 Å². The van der Waals surface area contributed by atoms with E-state index < -0.39 is 0 Å². The first-order valence-corrected chi connectivity index (χ1v) is 4.85. The molecule has 1 rings (SSSR count). The van der Waals surface area contributed by atoms with Crippen molar-refractivity contribution < 1.29 is 0 Å². The minimum atomic E-state index is 0.964. The summed E-state index contributed by atoms with van der Waals surface area (Å²) in [5.74, 6) is 1.94. The number of hydrogen-bond acceptors (Lipinski definition) is 1. The summed E-state index contributed by atoms with van der Waals surface area (Å²) >= 11 is 0. The molecule has 0 radical (unpaired) electrons. The molecule has 0 spiro atoms. The van der Waals surface area contributed by atoms with Crippen molar-refractivity contribution in [2.45, 2.75) is 32.6 Å². The summed E-state index contributed by atoms with van der Waals surface area (Å²) in [6.07, 6.45) is 5.84. The SMILES string of the molecule is CC1CCCCC1CN(C)C. The highest BCUT2D eigenvalue weighted by molar-refractivity contribution is 4.73. The smallest absolute Gasteiger partial charge is 0.000610 e. The summed E-state index contributed by atoms with van der Waals surface area (Å²) in [5.41, 5.74) is 0. The third kappa shape index (κ3) is 2.82.